The molecule has 1 aliphatic carbocycles. The third kappa shape index (κ3) is 2.96. The van der Waals surface area contributed by atoms with Gasteiger partial charge >= 0.3 is 0 Å². The Morgan fingerprint density at radius 2 is 2.12 bits per heavy atom. The Kier molecular flexibility index (Phi) is 3.79. The van der Waals surface area contributed by atoms with E-state index in [0.29, 0.717) is 6.04 Å². The Morgan fingerprint density at radius 3 is 2.81 bits per heavy atom. The lowest BCUT2D eigenvalue weighted by atomic mass is 10.0. The second kappa shape index (κ2) is 5.31. The van der Waals surface area contributed by atoms with E-state index in [4.69, 9.17) is 0 Å². The van der Waals surface area contributed by atoms with Gasteiger partial charge in [0.2, 0.25) is 0 Å². The monoisotopic (exact) mass is 215 g/mol. The first kappa shape index (κ1) is 11.4. The zero-order valence-corrected chi connectivity index (χ0v) is 10.2. The zero-order chi connectivity index (χ0) is 11.4. The summed E-state index contributed by atoms with van der Waals surface area (Å²) >= 11 is 0. The SMILES string of the molecule is CCNC(C)/C=C/c1ccccc1C1CC1. The van der Waals surface area contributed by atoms with E-state index >= 15 is 0 Å². The molecule has 0 bridgehead atoms. The summed E-state index contributed by atoms with van der Waals surface area (Å²) in [5, 5.41) is 3.39. The Morgan fingerprint density at radius 1 is 1.38 bits per heavy atom. The minimum absolute atomic E-state index is 0.456. The van der Waals surface area contributed by atoms with Gasteiger partial charge in [-0.3, -0.25) is 0 Å². The molecule has 0 radical (unpaired) electrons. The average molecular weight is 215 g/mol. The first-order valence-electron chi connectivity index (χ1n) is 6.31. The summed E-state index contributed by atoms with van der Waals surface area (Å²) in [4.78, 5) is 0. The van der Waals surface area contributed by atoms with Crippen LogP contribution >= 0.6 is 0 Å². The normalized spacial score (nSPS) is 17.9. The molecule has 1 nitrogen and oxygen atoms in total. The van der Waals surface area contributed by atoms with Crippen LogP contribution in [0.15, 0.2) is 30.3 Å². The highest BCUT2D eigenvalue weighted by Crippen LogP contribution is 2.41. The van der Waals surface area contributed by atoms with E-state index in [9.17, 15) is 0 Å². The molecule has 16 heavy (non-hydrogen) atoms. The summed E-state index contributed by atoms with van der Waals surface area (Å²) < 4.78 is 0. The van der Waals surface area contributed by atoms with Crippen molar-refractivity contribution in [2.45, 2.75) is 38.6 Å². The number of benzene rings is 1. The summed E-state index contributed by atoms with van der Waals surface area (Å²) in [6, 6.07) is 9.23. The highest BCUT2D eigenvalue weighted by atomic mass is 14.9. The van der Waals surface area contributed by atoms with Crippen molar-refractivity contribution in [3.05, 3.63) is 41.5 Å². The van der Waals surface area contributed by atoms with Crippen LogP contribution in [-0.4, -0.2) is 12.6 Å². The number of nitrogens with one attached hydrogen (secondary N) is 1. The van der Waals surface area contributed by atoms with Crippen LogP contribution < -0.4 is 5.32 Å². The maximum absolute atomic E-state index is 3.39. The number of rotatable bonds is 5. The molecular formula is C15H21N. The molecule has 1 aromatic carbocycles. The van der Waals surface area contributed by atoms with E-state index in [2.05, 4.69) is 55.6 Å². The largest absolute Gasteiger partial charge is 0.311 e. The third-order valence-electron chi connectivity index (χ3n) is 3.10. The van der Waals surface area contributed by atoms with Gasteiger partial charge in [-0.05, 0) is 43.4 Å². The predicted octanol–water partition coefficient (Wildman–Crippen LogP) is 3.58. The van der Waals surface area contributed by atoms with Crippen molar-refractivity contribution >= 4 is 6.08 Å². The fourth-order valence-electron chi connectivity index (χ4n) is 2.07. The fraction of sp³-hybridized carbons (Fsp3) is 0.467. The molecule has 1 saturated carbocycles. The summed E-state index contributed by atoms with van der Waals surface area (Å²) in [6.07, 6.45) is 7.26. The average Bonchev–Trinajstić information content (AvgIpc) is 3.11. The molecule has 1 unspecified atom stereocenters. The maximum Gasteiger partial charge on any atom is 0.0224 e. The van der Waals surface area contributed by atoms with Crippen molar-refractivity contribution in [1.29, 1.82) is 0 Å². The Hall–Kier alpha value is -1.08. The van der Waals surface area contributed by atoms with Crippen LogP contribution in [0.2, 0.25) is 0 Å². The van der Waals surface area contributed by atoms with Crippen molar-refractivity contribution in [2.75, 3.05) is 6.54 Å². The van der Waals surface area contributed by atoms with Gasteiger partial charge in [-0.25, -0.2) is 0 Å². The summed E-state index contributed by atoms with van der Waals surface area (Å²) in [5.41, 5.74) is 2.93. The molecule has 2 rings (SSSR count). The third-order valence-corrected chi connectivity index (χ3v) is 3.10. The van der Waals surface area contributed by atoms with Crippen molar-refractivity contribution in [3.8, 4) is 0 Å². The first-order valence-corrected chi connectivity index (χ1v) is 6.31. The van der Waals surface area contributed by atoms with Gasteiger partial charge in [0.25, 0.3) is 0 Å². The van der Waals surface area contributed by atoms with E-state index < -0.39 is 0 Å². The van der Waals surface area contributed by atoms with E-state index in [0.717, 1.165) is 12.5 Å². The molecule has 1 heteroatoms. The molecule has 1 aliphatic rings. The molecule has 0 spiro atoms. The van der Waals surface area contributed by atoms with Gasteiger partial charge in [0.15, 0.2) is 0 Å². The second-order valence-electron chi connectivity index (χ2n) is 4.61. The van der Waals surface area contributed by atoms with Crippen molar-refractivity contribution < 1.29 is 0 Å². The van der Waals surface area contributed by atoms with Gasteiger partial charge in [-0.2, -0.15) is 0 Å². The van der Waals surface area contributed by atoms with E-state index in [1.807, 2.05) is 0 Å². The molecule has 86 valence electrons. The smallest absolute Gasteiger partial charge is 0.0224 e. The molecule has 0 saturated heterocycles. The van der Waals surface area contributed by atoms with E-state index in [-0.39, 0.29) is 0 Å². The van der Waals surface area contributed by atoms with Gasteiger partial charge in [-0.1, -0.05) is 43.3 Å². The van der Waals surface area contributed by atoms with Gasteiger partial charge in [0.1, 0.15) is 0 Å². The standard InChI is InChI=1S/C15H21N/c1-3-16-12(2)8-9-13-6-4-5-7-15(13)14-10-11-14/h4-9,12,14,16H,3,10-11H2,1-2H3/b9-8+. The van der Waals surface area contributed by atoms with Crippen molar-refractivity contribution in [1.82, 2.24) is 5.32 Å². The minimum atomic E-state index is 0.456. The Labute approximate surface area is 98.6 Å². The van der Waals surface area contributed by atoms with Crippen LogP contribution in [0.25, 0.3) is 6.08 Å². The molecule has 0 aromatic heterocycles. The molecule has 1 N–H and O–H groups in total. The van der Waals surface area contributed by atoms with E-state index in [1.54, 1.807) is 0 Å². The lowest BCUT2D eigenvalue weighted by molar-refractivity contribution is 0.663. The Bertz CT molecular complexity index is 363. The van der Waals surface area contributed by atoms with Crippen LogP contribution in [-0.2, 0) is 0 Å². The summed E-state index contributed by atoms with van der Waals surface area (Å²) in [6.45, 7) is 5.36. The predicted molar refractivity (Wildman–Crippen MR) is 70.6 cm³/mol. The summed E-state index contributed by atoms with van der Waals surface area (Å²) in [7, 11) is 0. The van der Waals surface area contributed by atoms with Crippen LogP contribution in [0.3, 0.4) is 0 Å². The molecule has 0 aliphatic heterocycles. The zero-order valence-electron chi connectivity index (χ0n) is 10.2. The fourth-order valence-corrected chi connectivity index (χ4v) is 2.07. The Balaban J connectivity index is 2.08. The van der Waals surface area contributed by atoms with Gasteiger partial charge in [0, 0.05) is 6.04 Å². The number of likely N-dealkylation sites (N-methyl/N-ethyl adjacent to an activating group) is 1. The maximum atomic E-state index is 3.39. The van der Waals surface area contributed by atoms with Crippen LogP contribution in [0.4, 0.5) is 0 Å². The minimum Gasteiger partial charge on any atom is -0.311 e. The molecule has 1 atom stereocenters. The van der Waals surface area contributed by atoms with Gasteiger partial charge in [0.05, 0.1) is 0 Å². The molecule has 0 amide bonds. The van der Waals surface area contributed by atoms with Crippen molar-refractivity contribution in [2.24, 2.45) is 0 Å². The van der Waals surface area contributed by atoms with Gasteiger partial charge < -0.3 is 5.32 Å². The van der Waals surface area contributed by atoms with Gasteiger partial charge in [-0.15, -0.1) is 0 Å². The molecule has 1 fully saturated rings. The quantitative estimate of drug-likeness (QED) is 0.791. The van der Waals surface area contributed by atoms with Crippen molar-refractivity contribution in [3.63, 3.8) is 0 Å². The summed E-state index contributed by atoms with van der Waals surface area (Å²) in [5.74, 6) is 0.829. The topological polar surface area (TPSA) is 12.0 Å². The molecule has 1 aromatic rings. The highest BCUT2D eigenvalue weighted by molar-refractivity contribution is 5.56. The lowest BCUT2D eigenvalue weighted by Gasteiger charge is -2.07. The first-order chi connectivity index (χ1) is 7.81. The number of hydrogen-bond donors (Lipinski definition) is 1. The lowest BCUT2D eigenvalue weighted by Crippen LogP contribution is -2.22. The van der Waals surface area contributed by atoms with Crippen LogP contribution in [0, 0.1) is 0 Å². The molecular weight excluding hydrogens is 194 g/mol. The van der Waals surface area contributed by atoms with E-state index in [1.165, 1.54) is 24.0 Å². The second-order valence-corrected chi connectivity index (χ2v) is 4.61. The highest BCUT2D eigenvalue weighted by Gasteiger charge is 2.24. The number of hydrogen-bond acceptors (Lipinski definition) is 1. The van der Waals surface area contributed by atoms with Crippen LogP contribution in [0.5, 0.6) is 0 Å². The molecule has 0 heterocycles. The van der Waals surface area contributed by atoms with Crippen LogP contribution in [0.1, 0.15) is 43.7 Å².